The van der Waals surface area contributed by atoms with Gasteiger partial charge in [0.1, 0.15) is 0 Å². The van der Waals surface area contributed by atoms with Gasteiger partial charge in [0.2, 0.25) is 0 Å². The molecule has 1 rings (SSSR count). The van der Waals surface area contributed by atoms with Gasteiger partial charge >= 0.3 is 0 Å². The molecule has 1 aromatic carbocycles. The van der Waals surface area contributed by atoms with Crippen molar-refractivity contribution in [1.29, 1.82) is 0 Å². The first-order chi connectivity index (χ1) is 6.26. The number of hydrogen-bond acceptors (Lipinski definition) is 0. The molecule has 0 aliphatic rings. The summed E-state index contributed by atoms with van der Waals surface area (Å²) in [5.41, 5.74) is 3.81. The SMILES string of the molecule is CCC(=Cc1ccc(C)cc1)CCl. The normalized spacial score (nSPS) is 11.8. The molecular weight excluding hydrogens is 180 g/mol. The smallest absolute Gasteiger partial charge is 0.0436 e. The molecule has 0 heterocycles. The standard InChI is InChI=1S/C12H15Cl/c1-3-11(9-13)8-12-6-4-10(2)5-7-12/h4-8H,3,9H2,1-2H3. The van der Waals surface area contributed by atoms with E-state index in [4.69, 9.17) is 11.6 Å². The van der Waals surface area contributed by atoms with Gasteiger partial charge in [-0.3, -0.25) is 0 Å². The lowest BCUT2D eigenvalue weighted by Crippen LogP contribution is -1.82. The Kier molecular flexibility index (Phi) is 4.04. The maximum absolute atomic E-state index is 5.78. The van der Waals surface area contributed by atoms with Crippen molar-refractivity contribution in [2.24, 2.45) is 0 Å². The molecule has 13 heavy (non-hydrogen) atoms. The van der Waals surface area contributed by atoms with Crippen LogP contribution >= 0.6 is 11.6 Å². The molecule has 0 aromatic heterocycles. The Bertz CT molecular complexity index is 276. The lowest BCUT2D eigenvalue weighted by molar-refractivity contribution is 1.12. The van der Waals surface area contributed by atoms with Crippen LogP contribution in [0, 0.1) is 6.92 Å². The molecule has 0 aliphatic heterocycles. The molecule has 70 valence electrons. The molecule has 0 unspecified atom stereocenters. The predicted molar refractivity (Wildman–Crippen MR) is 60.2 cm³/mol. The topological polar surface area (TPSA) is 0 Å². The second kappa shape index (κ2) is 5.08. The van der Waals surface area contributed by atoms with Crippen LogP contribution in [0.15, 0.2) is 29.8 Å². The van der Waals surface area contributed by atoms with E-state index in [9.17, 15) is 0 Å². The van der Waals surface area contributed by atoms with Gasteiger partial charge in [-0.15, -0.1) is 11.6 Å². The zero-order chi connectivity index (χ0) is 9.68. The molecule has 0 nitrogen and oxygen atoms in total. The van der Waals surface area contributed by atoms with E-state index in [0.717, 1.165) is 6.42 Å². The highest BCUT2D eigenvalue weighted by molar-refractivity contribution is 6.19. The van der Waals surface area contributed by atoms with Crippen LogP contribution in [-0.2, 0) is 0 Å². The van der Waals surface area contributed by atoms with E-state index in [1.807, 2.05) is 0 Å². The third-order valence-corrected chi connectivity index (χ3v) is 2.42. The fraction of sp³-hybridized carbons (Fsp3) is 0.333. The lowest BCUT2D eigenvalue weighted by Gasteiger charge is -1.99. The van der Waals surface area contributed by atoms with Crippen molar-refractivity contribution in [1.82, 2.24) is 0 Å². The van der Waals surface area contributed by atoms with Crippen molar-refractivity contribution in [2.45, 2.75) is 20.3 Å². The van der Waals surface area contributed by atoms with E-state index in [-0.39, 0.29) is 0 Å². The number of allylic oxidation sites excluding steroid dienone is 1. The average Bonchev–Trinajstić information content (AvgIpc) is 2.17. The molecular formula is C12H15Cl. The van der Waals surface area contributed by atoms with E-state index < -0.39 is 0 Å². The van der Waals surface area contributed by atoms with E-state index >= 15 is 0 Å². The van der Waals surface area contributed by atoms with Crippen LogP contribution in [-0.4, -0.2) is 5.88 Å². The Hall–Kier alpha value is -0.750. The highest BCUT2D eigenvalue weighted by Gasteiger charge is 1.92. The number of rotatable bonds is 3. The molecule has 0 fully saturated rings. The molecule has 0 atom stereocenters. The van der Waals surface area contributed by atoms with Crippen molar-refractivity contribution in [3.63, 3.8) is 0 Å². The van der Waals surface area contributed by atoms with E-state index in [0.29, 0.717) is 5.88 Å². The predicted octanol–water partition coefficient (Wildman–Crippen LogP) is 4.03. The minimum Gasteiger partial charge on any atom is -0.122 e. The third-order valence-electron chi connectivity index (χ3n) is 2.07. The van der Waals surface area contributed by atoms with Crippen LogP contribution in [0.3, 0.4) is 0 Å². The minimum atomic E-state index is 0.629. The molecule has 0 saturated carbocycles. The van der Waals surface area contributed by atoms with Crippen molar-refractivity contribution in [3.05, 3.63) is 41.0 Å². The van der Waals surface area contributed by atoms with Gasteiger partial charge in [-0.05, 0) is 18.9 Å². The maximum atomic E-state index is 5.78. The van der Waals surface area contributed by atoms with Crippen LogP contribution in [0.4, 0.5) is 0 Å². The monoisotopic (exact) mass is 194 g/mol. The van der Waals surface area contributed by atoms with Crippen LogP contribution < -0.4 is 0 Å². The van der Waals surface area contributed by atoms with Gasteiger partial charge < -0.3 is 0 Å². The molecule has 0 spiro atoms. The van der Waals surface area contributed by atoms with Crippen LogP contribution in [0.5, 0.6) is 0 Å². The molecule has 0 N–H and O–H groups in total. The summed E-state index contributed by atoms with van der Waals surface area (Å²) in [6.45, 7) is 4.22. The van der Waals surface area contributed by atoms with Crippen LogP contribution in [0.25, 0.3) is 6.08 Å². The highest BCUT2D eigenvalue weighted by Crippen LogP contribution is 2.11. The highest BCUT2D eigenvalue weighted by atomic mass is 35.5. The zero-order valence-corrected chi connectivity index (χ0v) is 8.93. The summed E-state index contributed by atoms with van der Waals surface area (Å²) >= 11 is 5.78. The summed E-state index contributed by atoms with van der Waals surface area (Å²) in [5, 5.41) is 0. The maximum Gasteiger partial charge on any atom is 0.0436 e. The van der Waals surface area contributed by atoms with Gasteiger partial charge in [0.15, 0.2) is 0 Å². The van der Waals surface area contributed by atoms with Crippen molar-refractivity contribution in [2.75, 3.05) is 5.88 Å². The van der Waals surface area contributed by atoms with Gasteiger partial charge in [-0.1, -0.05) is 48.4 Å². The second-order valence-corrected chi connectivity index (χ2v) is 3.47. The van der Waals surface area contributed by atoms with E-state index in [1.165, 1.54) is 16.7 Å². The number of hydrogen-bond donors (Lipinski definition) is 0. The van der Waals surface area contributed by atoms with Gasteiger partial charge in [-0.2, -0.15) is 0 Å². The van der Waals surface area contributed by atoms with Gasteiger partial charge in [0.05, 0.1) is 0 Å². The number of aryl methyl sites for hydroxylation is 1. The molecule has 0 amide bonds. The fourth-order valence-electron chi connectivity index (χ4n) is 1.13. The Morgan fingerprint density at radius 2 is 1.92 bits per heavy atom. The lowest BCUT2D eigenvalue weighted by atomic mass is 10.1. The molecule has 0 aliphatic carbocycles. The minimum absolute atomic E-state index is 0.629. The summed E-state index contributed by atoms with van der Waals surface area (Å²) in [6, 6.07) is 8.48. The van der Waals surface area contributed by atoms with Gasteiger partial charge in [0.25, 0.3) is 0 Å². The summed E-state index contributed by atoms with van der Waals surface area (Å²) < 4.78 is 0. The first kappa shape index (κ1) is 10.3. The molecule has 0 saturated heterocycles. The number of benzene rings is 1. The third kappa shape index (κ3) is 3.23. The molecule has 1 heteroatoms. The van der Waals surface area contributed by atoms with Crippen molar-refractivity contribution >= 4 is 17.7 Å². The van der Waals surface area contributed by atoms with Crippen molar-refractivity contribution < 1.29 is 0 Å². The quantitative estimate of drug-likeness (QED) is 0.638. The largest absolute Gasteiger partial charge is 0.122 e. The van der Waals surface area contributed by atoms with E-state index in [1.54, 1.807) is 0 Å². The molecule has 0 radical (unpaired) electrons. The van der Waals surface area contributed by atoms with Crippen LogP contribution in [0.1, 0.15) is 24.5 Å². The first-order valence-corrected chi connectivity index (χ1v) is 5.11. The second-order valence-electron chi connectivity index (χ2n) is 3.20. The van der Waals surface area contributed by atoms with E-state index in [2.05, 4.69) is 44.2 Å². The average molecular weight is 195 g/mol. The van der Waals surface area contributed by atoms with Crippen molar-refractivity contribution in [3.8, 4) is 0 Å². The summed E-state index contributed by atoms with van der Waals surface area (Å²) in [5.74, 6) is 0.629. The molecule has 0 bridgehead atoms. The summed E-state index contributed by atoms with van der Waals surface area (Å²) in [6.07, 6.45) is 3.18. The fourth-order valence-corrected chi connectivity index (χ4v) is 1.40. The number of alkyl halides is 1. The molecule has 1 aromatic rings. The van der Waals surface area contributed by atoms with Crippen LogP contribution in [0.2, 0.25) is 0 Å². The summed E-state index contributed by atoms with van der Waals surface area (Å²) in [4.78, 5) is 0. The Morgan fingerprint density at radius 1 is 1.31 bits per heavy atom. The first-order valence-electron chi connectivity index (χ1n) is 4.58. The Labute approximate surface area is 85.2 Å². The Morgan fingerprint density at radius 3 is 2.38 bits per heavy atom. The Balaban J connectivity index is 2.84. The summed E-state index contributed by atoms with van der Waals surface area (Å²) in [7, 11) is 0. The van der Waals surface area contributed by atoms with Gasteiger partial charge in [0, 0.05) is 5.88 Å². The van der Waals surface area contributed by atoms with Gasteiger partial charge in [-0.25, -0.2) is 0 Å². The number of halogens is 1. The zero-order valence-electron chi connectivity index (χ0n) is 8.18.